The standard InChI is InChI=1S/C20H18FN3OS2/c1-12(24(2)10-13-6-3-4-7-15(13)21)18-22-19(25)17-14(11-27-20(17)23-18)16-8-5-9-26-16/h3-9,11-12H,10H2,1-2H3,(H,22,23,25)/p+1/t12-/m0/s1. The molecule has 0 bridgehead atoms. The number of hydrogen-bond donors (Lipinski definition) is 2. The van der Waals surface area contributed by atoms with Gasteiger partial charge in [0.05, 0.1) is 12.4 Å². The summed E-state index contributed by atoms with van der Waals surface area (Å²) >= 11 is 3.09. The van der Waals surface area contributed by atoms with Gasteiger partial charge < -0.3 is 9.88 Å². The molecule has 0 aliphatic heterocycles. The fourth-order valence-electron chi connectivity index (χ4n) is 3.11. The van der Waals surface area contributed by atoms with E-state index in [4.69, 9.17) is 4.98 Å². The molecule has 2 atom stereocenters. The van der Waals surface area contributed by atoms with Gasteiger partial charge in [-0.05, 0) is 24.4 Å². The van der Waals surface area contributed by atoms with E-state index in [2.05, 4.69) is 4.98 Å². The number of aromatic nitrogens is 2. The zero-order chi connectivity index (χ0) is 19.0. The third-order valence-electron chi connectivity index (χ3n) is 4.83. The molecule has 0 spiro atoms. The first-order valence-corrected chi connectivity index (χ1v) is 10.4. The molecular weight excluding hydrogens is 381 g/mol. The van der Waals surface area contributed by atoms with Gasteiger partial charge in [0.1, 0.15) is 23.2 Å². The largest absolute Gasteiger partial charge is 0.325 e. The molecule has 1 unspecified atom stereocenters. The van der Waals surface area contributed by atoms with Crippen molar-refractivity contribution in [2.45, 2.75) is 19.5 Å². The highest BCUT2D eigenvalue weighted by atomic mass is 32.1. The number of nitrogens with one attached hydrogen (secondary N) is 2. The monoisotopic (exact) mass is 400 g/mol. The lowest BCUT2D eigenvalue weighted by Gasteiger charge is -2.21. The van der Waals surface area contributed by atoms with E-state index < -0.39 is 0 Å². The van der Waals surface area contributed by atoms with Gasteiger partial charge in [-0.3, -0.25) is 4.79 Å². The average Bonchev–Trinajstić information content (AvgIpc) is 3.32. The lowest BCUT2D eigenvalue weighted by molar-refractivity contribution is -0.924. The van der Waals surface area contributed by atoms with Crippen molar-refractivity contribution in [3.05, 3.63) is 74.7 Å². The maximum Gasteiger partial charge on any atom is 0.260 e. The van der Waals surface area contributed by atoms with Crippen LogP contribution in [0.15, 0.2) is 52.0 Å². The number of benzene rings is 1. The topological polar surface area (TPSA) is 50.2 Å². The second-order valence-corrected chi connectivity index (χ2v) is 8.40. The molecule has 0 saturated carbocycles. The van der Waals surface area contributed by atoms with Gasteiger partial charge in [-0.1, -0.05) is 24.3 Å². The van der Waals surface area contributed by atoms with Crippen molar-refractivity contribution >= 4 is 32.9 Å². The molecule has 138 valence electrons. The molecular formula is C20H19FN3OS2+. The highest BCUT2D eigenvalue weighted by molar-refractivity contribution is 7.18. The lowest BCUT2D eigenvalue weighted by Crippen LogP contribution is -3.07. The van der Waals surface area contributed by atoms with Crippen LogP contribution < -0.4 is 10.5 Å². The van der Waals surface area contributed by atoms with E-state index >= 15 is 0 Å². The predicted octanol–water partition coefficient (Wildman–Crippen LogP) is 3.63. The van der Waals surface area contributed by atoms with Crippen LogP contribution in [0.4, 0.5) is 4.39 Å². The Bertz CT molecular complexity index is 1130. The smallest absolute Gasteiger partial charge is 0.260 e. The minimum atomic E-state index is -0.209. The molecule has 7 heteroatoms. The van der Waals surface area contributed by atoms with Gasteiger partial charge in [0.15, 0.2) is 5.82 Å². The number of fused-ring (bicyclic) bond motifs is 1. The number of H-pyrrole nitrogens is 1. The first-order valence-electron chi connectivity index (χ1n) is 8.65. The van der Waals surface area contributed by atoms with Gasteiger partial charge in [-0.25, -0.2) is 9.37 Å². The molecule has 0 amide bonds. The highest BCUT2D eigenvalue weighted by Crippen LogP contribution is 2.33. The van der Waals surface area contributed by atoms with Crippen LogP contribution in [0, 0.1) is 5.82 Å². The zero-order valence-electron chi connectivity index (χ0n) is 15.0. The molecule has 4 nitrogen and oxygen atoms in total. The molecule has 2 N–H and O–H groups in total. The quantitative estimate of drug-likeness (QED) is 0.538. The van der Waals surface area contributed by atoms with Gasteiger partial charge in [-0.15, -0.1) is 22.7 Å². The number of quaternary nitrogens is 1. The van der Waals surface area contributed by atoms with E-state index in [-0.39, 0.29) is 17.4 Å². The van der Waals surface area contributed by atoms with Crippen molar-refractivity contribution in [1.29, 1.82) is 0 Å². The first-order chi connectivity index (χ1) is 13.0. The Kier molecular flexibility index (Phi) is 4.90. The Morgan fingerprint density at radius 3 is 2.78 bits per heavy atom. The molecule has 4 rings (SSSR count). The summed E-state index contributed by atoms with van der Waals surface area (Å²) in [5, 5.41) is 4.63. The second kappa shape index (κ2) is 7.34. The van der Waals surface area contributed by atoms with Gasteiger partial charge in [0.25, 0.3) is 5.56 Å². The SMILES string of the molecule is C[C@@H](c1nc2scc(-c3cccs3)c2c(=O)[nH]1)[NH+](C)Cc1ccccc1F. The number of nitrogens with zero attached hydrogens (tertiary/aromatic N) is 1. The maximum absolute atomic E-state index is 13.9. The molecule has 0 aliphatic rings. The van der Waals surface area contributed by atoms with E-state index in [0.717, 1.165) is 20.2 Å². The number of rotatable bonds is 5. The van der Waals surface area contributed by atoms with Crippen molar-refractivity contribution in [3.8, 4) is 10.4 Å². The fraction of sp³-hybridized carbons (Fsp3) is 0.200. The molecule has 4 aromatic rings. The summed E-state index contributed by atoms with van der Waals surface area (Å²) in [7, 11) is 1.98. The summed E-state index contributed by atoms with van der Waals surface area (Å²) in [6.07, 6.45) is 0. The van der Waals surface area contributed by atoms with E-state index in [1.54, 1.807) is 23.5 Å². The van der Waals surface area contributed by atoms with E-state index in [1.165, 1.54) is 17.4 Å². The first kappa shape index (κ1) is 18.0. The number of thiophene rings is 2. The molecule has 0 radical (unpaired) electrons. The molecule has 27 heavy (non-hydrogen) atoms. The minimum Gasteiger partial charge on any atom is -0.325 e. The summed E-state index contributed by atoms with van der Waals surface area (Å²) < 4.78 is 13.9. The van der Waals surface area contributed by atoms with Crippen molar-refractivity contribution in [2.24, 2.45) is 0 Å². The predicted molar refractivity (Wildman–Crippen MR) is 109 cm³/mol. The van der Waals surface area contributed by atoms with Crippen LogP contribution in [0.25, 0.3) is 20.7 Å². The highest BCUT2D eigenvalue weighted by Gasteiger charge is 2.22. The number of hydrogen-bond acceptors (Lipinski definition) is 4. The summed E-state index contributed by atoms with van der Waals surface area (Å²) in [5.41, 5.74) is 1.47. The Labute approximate surface area is 163 Å². The third kappa shape index (κ3) is 3.45. The second-order valence-electron chi connectivity index (χ2n) is 6.59. The van der Waals surface area contributed by atoms with Crippen LogP contribution in [0.5, 0.6) is 0 Å². The van der Waals surface area contributed by atoms with Gasteiger partial charge >= 0.3 is 0 Å². The van der Waals surface area contributed by atoms with Crippen LogP contribution in [0.2, 0.25) is 0 Å². The lowest BCUT2D eigenvalue weighted by atomic mass is 10.1. The summed E-state index contributed by atoms with van der Waals surface area (Å²) in [6, 6.07) is 10.7. The minimum absolute atomic E-state index is 0.0750. The maximum atomic E-state index is 13.9. The van der Waals surface area contributed by atoms with Crippen LogP contribution in [-0.2, 0) is 6.54 Å². The Hall–Kier alpha value is -2.35. The van der Waals surface area contributed by atoms with Crippen LogP contribution in [0.3, 0.4) is 0 Å². The van der Waals surface area contributed by atoms with E-state index in [9.17, 15) is 9.18 Å². The Morgan fingerprint density at radius 2 is 2.04 bits per heavy atom. The van der Waals surface area contributed by atoms with Crippen molar-refractivity contribution in [3.63, 3.8) is 0 Å². The summed E-state index contributed by atoms with van der Waals surface area (Å²) in [4.78, 5) is 23.3. The molecule has 0 saturated heterocycles. The van der Waals surface area contributed by atoms with Crippen molar-refractivity contribution in [1.82, 2.24) is 9.97 Å². The van der Waals surface area contributed by atoms with Crippen LogP contribution >= 0.6 is 22.7 Å². The Balaban J connectivity index is 1.66. The average molecular weight is 401 g/mol. The van der Waals surface area contributed by atoms with Gasteiger partial charge in [0.2, 0.25) is 0 Å². The Morgan fingerprint density at radius 1 is 1.22 bits per heavy atom. The van der Waals surface area contributed by atoms with E-state index in [0.29, 0.717) is 23.3 Å². The molecule has 3 aromatic heterocycles. The van der Waals surface area contributed by atoms with E-state index in [1.807, 2.05) is 42.9 Å². The fourth-order valence-corrected chi connectivity index (χ4v) is 4.88. The van der Waals surface area contributed by atoms with Crippen molar-refractivity contribution in [2.75, 3.05) is 7.05 Å². The van der Waals surface area contributed by atoms with Crippen molar-refractivity contribution < 1.29 is 9.29 Å². The molecule has 1 aromatic carbocycles. The number of halogens is 1. The normalized spacial score (nSPS) is 13.7. The molecule has 0 fully saturated rings. The molecule has 3 heterocycles. The van der Waals surface area contributed by atoms with Crippen LogP contribution in [-0.4, -0.2) is 17.0 Å². The molecule has 0 aliphatic carbocycles. The van der Waals surface area contributed by atoms with Gasteiger partial charge in [0, 0.05) is 21.4 Å². The summed E-state index contributed by atoms with van der Waals surface area (Å²) in [6.45, 7) is 2.51. The third-order valence-corrected chi connectivity index (χ3v) is 6.60. The van der Waals surface area contributed by atoms with Gasteiger partial charge in [-0.2, -0.15) is 0 Å². The van der Waals surface area contributed by atoms with Crippen LogP contribution in [0.1, 0.15) is 24.4 Å². The number of aromatic amines is 1. The zero-order valence-corrected chi connectivity index (χ0v) is 16.6. The summed E-state index contributed by atoms with van der Waals surface area (Å²) in [5.74, 6) is 0.417.